The fraction of sp³-hybridized carbons (Fsp3) is 0.429. The van der Waals surface area contributed by atoms with Gasteiger partial charge in [0.05, 0.1) is 6.54 Å². The van der Waals surface area contributed by atoms with Gasteiger partial charge in [-0.15, -0.1) is 11.3 Å². The highest BCUT2D eigenvalue weighted by Crippen LogP contribution is 2.22. The van der Waals surface area contributed by atoms with Crippen molar-refractivity contribution in [3.05, 3.63) is 33.8 Å². The fourth-order valence-electron chi connectivity index (χ4n) is 1.65. The van der Waals surface area contributed by atoms with Crippen LogP contribution in [-0.4, -0.2) is 9.97 Å². The Kier molecular flexibility index (Phi) is 3.75. The highest BCUT2D eigenvalue weighted by Gasteiger charge is 2.18. The summed E-state index contributed by atoms with van der Waals surface area (Å²) in [6, 6.07) is 6.02. The van der Waals surface area contributed by atoms with Crippen LogP contribution in [0.1, 0.15) is 36.3 Å². The topological polar surface area (TPSA) is 63.8 Å². The van der Waals surface area contributed by atoms with Crippen LogP contribution < -0.4 is 11.1 Å². The van der Waals surface area contributed by atoms with Crippen LogP contribution in [0.3, 0.4) is 0 Å². The molecule has 102 valence electrons. The van der Waals surface area contributed by atoms with E-state index < -0.39 is 0 Å². The molecule has 2 heterocycles. The van der Waals surface area contributed by atoms with Gasteiger partial charge in [0.2, 0.25) is 0 Å². The summed E-state index contributed by atoms with van der Waals surface area (Å²) in [4.78, 5) is 11.4. The Morgan fingerprint density at radius 2 is 2.00 bits per heavy atom. The SMILES string of the molecule is Cc1ccc(CNc2cc(N)nc(C(C)(C)C)n2)s1. The Labute approximate surface area is 118 Å². The monoisotopic (exact) mass is 276 g/mol. The minimum absolute atomic E-state index is 0.106. The second kappa shape index (κ2) is 5.17. The number of nitrogens with one attached hydrogen (secondary N) is 1. The summed E-state index contributed by atoms with van der Waals surface area (Å²) in [6.07, 6.45) is 0. The van der Waals surface area contributed by atoms with Crippen molar-refractivity contribution in [2.45, 2.75) is 39.7 Å². The molecule has 19 heavy (non-hydrogen) atoms. The van der Waals surface area contributed by atoms with Crippen LogP contribution in [0.2, 0.25) is 0 Å². The number of anilines is 2. The van der Waals surface area contributed by atoms with Gasteiger partial charge in [0, 0.05) is 21.2 Å². The fourth-order valence-corrected chi connectivity index (χ4v) is 2.48. The molecule has 2 aromatic heterocycles. The van der Waals surface area contributed by atoms with Crippen molar-refractivity contribution in [3.63, 3.8) is 0 Å². The number of nitrogen functional groups attached to an aromatic ring is 1. The summed E-state index contributed by atoms with van der Waals surface area (Å²) < 4.78 is 0. The molecule has 0 bridgehead atoms. The second-order valence-electron chi connectivity index (χ2n) is 5.62. The zero-order valence-corrected chi connectivity index (χ0v) is 12.6. The van der Waals surface area contributed by atoms with Gasteiger partial charge < -0.3 is 11.1 Å². The molecular formula is C14H20N4S. The summed E-state index contributed by atoms with van der Waals surface area (Å²) in [6.45, 7) is 9.10. The first kappa shape index (κ1) is 13.8. The number of aryl methyl sites for hydroxylation is 1. The van der Waals surface area contributed by atoms with E-state index in [1.54, 1.807) is 17.4 Å². The third-order valence-electron chi connectivity index (χ3n) is 2.66. The Bertz CT molecular complexity index is 569. The molecule has 0 radical (unpaired) electrons. The van der Waals surface area contributed by atoms with E-state index in [-0.39, 0.29) is 5.41 Å². The van der Waals surface area contributed by atoms with Gasteiger partial charge in [0.15, 0.2) is 0 Å². The first-order valence-corrected chi connectivity index (χ1v) is 7.10. The first-order chi connectivity index (χ1) is 8.84. The summed E-state index contributed by atoms with van der Waals surface area (Å²) >= 11 is 1.78. The normalized spacial score (nSPS) is 11.6. The molecule has 3 N–H and O–H groups in total. The van der Waals surface area contributed by atoms with Crippen LogP contribution in [0.5, 0.6) is 0 Å². The number of rotatable bonds is 3. The number of nitrogens with two attached hydrogens (primary N) is 1. The maximum absolute atomic E-state index is 5.84. The van der Waals surface area contributed by atoms with E-state index in [1.807, 2.05) is 0 Å². The predicted molar refractivity (Wildman–Crippen MR) is 81.5 cm³/mol. The first-order valence-electron chi connectivity index (χ1n) is 6.29. The molecule has 0 atom stereocenters. The quantitative estimate of drug-likeness (QED) is 0.902. The molecule has 0 unspecified atom stereocenters. The van der Waals surface area contributed by atoms with Gasteiger partial charge in [0.25, 0.3) is 0 Å². The van der Waals surface area contributed by atoms with Gasteiger partial charge in [-0.2, -0.15) is 0 Å². The van der Waals surface area contributed by atoms with Crippen molar-refractivity contribution >= 4 is 23.0 Å². The smallest absolute Gasteiger partial charge is 0.138 e. The van der Waals surface area contributed by atoms with E-state index in [2.05, 4.69) is 55.1 Å². The molecule has 0 aliphatic carbocycles. The average molecular weight is 276 g/mol. The molecule has 2 aromatic rings. The standard InChI is InChI=1S/C14H20N4S/c1-9-5-6-10(19-9)8-16-12-7-11(15)17-13(18-12)14(2,3)4/h5-7H,8H2,1-4H3,(H3,15,16,17,18). The van der Waals surface area contributed by atoms with Crippen LogP contribution >= 0.6 is 11.3 Å². The Morgan fingerprint density at radius 3 is 2.58 bits per heavy atom. The van der Waals surface area contributed by atoms with Gasteiger partial charge in [-0.25, -0.2) is 9.97 Å². The van der Waals surface area contributed by atoms with E-state index in [0.717, 1.165) is 18.2 Å². The van der Waals surface area contributed by atoms with Crippen molar-refractivity contribution in [2.75, 3.05) is 11.1 Å². The van der Waals surface area contributed by atoms with Gasteiger partial charge in [-0.05, 0) is 19.1 Å². The van der Waals surface area contributed by atoms with Crippen molar-refractivity contribution in [1.82, 2.24) is 9.97 Å². The van der Waals surface area contributed by atoms with Crippen molar-refractivity contribution < 1.29 is 0 Å². The lowest BCUT2D eigenvalue weighted by molar-refractivity contribution is 0.547. The van der Waals surface area contributed by atoms with Crippen molar-refractivity contribution in [2.24, 2.45) is 0 Å². The summed E-state index contributed by atoms with van der Waals surface area (Å²) in [7, 11) is 0. The number of aromatic nitrogens is 2. The molecule has 0 saturated carbocycles. The highest BCUT2D eigenvalue weighted by atomic mass is 32.1. The minimum atomic E-state index is -0.106. The molecular weight excluding hydrogens is 256 g/mol. The van der Waals surface area contributed by atoms with Crippen molar-refractivity contribution in [3.8, 4) is 0 Å². The van der Waals surface area contributed by atoms with Crippen LogP contribution in [0.25, 0.3) is 0 Å². The Hall–Kier alpha value is -1.62. The lowest BCUT2D eigenvalue weighted by Gasteiger charge is -2.18. The summed E-state index contributed by atoms with van der Waals surface area (Å²) in [5, 5.41) is 3.31. The van der Waals surface area contributed by atoms with E-state index in [4.69, 9.17) is 5.73 Å². The molecule has 0 spiro atoms. The molecule has 0 saturated heterocycles. The number of hydrogen-bond acceptors (Lipinski definition) is 5. The third-order valence-corrected chi connectivity index (χ3v) is 3.66. The van der Waals surface area contributed by atoms with Crippen molar-refractivity contribution in [1.29, 1.82) is 0 Å². The molecule has 5 heteroatoms. The number of hydrogen-bond donors (Lipinski definition) is 2. The maximum Gasteiger partial charge on any atom is 0.138 e. The highest BCUT2D eigenvalue weighted by molar-refractivity contribution is 7.11. The zero-order valence-electron chi connectivity index (χ0n) is 11.8. The molecule has 0 aromatic carbocycles. The number of thiophene rings is 1. The Balaban J connectivity index is 2.14. The molecule has 4 nitrogen and oxygen atoms in total. The van der Waals surface area contributed by atoms with Crippen LogP contribution in [-0.2, 0) is 12.0 Å². The van der Waals surface area contributed by atoms with E-state index in [9.17, 15) is 0 Å². The zero-order chi connectivity index (χ0) is 14.0. The van der Waals surface area contributed by atoms with E-state index in [1.165, 1.54) is 9.75 Å². The van der Waals surface area contributed by atoms with Crippen LogP contribution in [0, 0.1) is 6.92 Å². The van der Waals surface area contributed by atoms with Gasteiger partial charge in [0.1, 0.15) is 17.5 Å². The predicted octanol–water partition coefficient (Wildman–Crippen LogP) is 3.34. The molecule has 0 fully saturated rings. The lowest BCUT2D eigenvalue weighted by atomic mass is 9.96. The molecule has 0 amide bonds. The van der Waals surface area contributed by atoms with E-state index in [0.29, 0.717) is 5.82 Å². The largest absolute Gasteiger partial charge is 0.384 e. The van der Waals surface area contributed by atoms with Crippen LogP contribution in [0.4, 0.5) is 11.6 Å². The third kappa shape index (κ3) is 3.67. The minimum Gasteiger partial charge on any atom is -0.384 e. The van der Waals surface area contributed by atoms with E-state index >= 15 is 0 Å². The molecule has 0 aliphatic heterocycles. The average Bonchev–Trinajstić information content (AvgIpc) is 2.71. The lowest BCUT2D eigenvalue weighted by Crippen LogP contribution is -2.18. The maximum atomic E-state index is 5.84. The molecule has 0 aliphatic rings. The Morgan fingerprint density at radius 1 is 1.26 bits per heavy atom. The van der Waals surface area contributed by atoms with Gasteiger partial charge in [-0.1, -0.05) is 20.8 Å². The summed E-state index contributed by atoms with van der Waals surface area (Å²) in [5.74, 6) is 2.05. The second-order valence-corrected chi connectivity index (χ2v) is 6.99. The summed E-state index contributed by atoms with van der Waals surface area (Å²) in [5.41, 5.74) is 5.73. The van der Waals surface area contributed by atoms with Crippen LogP contribution in [0.15, 0.2) is 18.2 Å². The number of nitrogens with zero attached hydrogens (tertiary/aromatic N) is 2. The van der Waals surface area contributed by atoms with Gasteiger partial charge >= 0.3 is 0 Å². The van der Waals surface area contributed by atoms with Gasteiger partial charge in [-0.3, -0.25) is 0 Å². The molecule has 2 rings (SSSR count).